The Labute approximate surface area is 143 Å². The minimum absolute atomic E-state index is 0.439. The van der Waals surface area contributed by atoms with Gasteiger partial charge in [-0.2, -0.15) is 0 Å². The Kier molecular flexibility index (Phi) is 4.16. The number of hydrogen-bond donors (Lipinski definition) is 0. The van der Waals surface area contributed by atoms with Crippen LogP contribution in [0.1, 0.15) is 34.6 Å². The summed E-state index contributed by atoms with van der Waals surface area (Å²) in [5.74, 6) is 1.36. The zero-order chi connectivity index (χ0) is 16.2. The summed E-state index contributed by atoms with van der Waals surface area (Å²) in [6.07, 6.45) is 5.55. The molecule has 0 saturated carbocycles. The normalized spacial score (nSPS) is 15.8. The summed E-state index contributed by atoms with van der Waals surface area (Å²) in [5.41, 5.74) is 5.28. The first-order chi connectivity index (χ1) is 11.9. The first-order valence-corrected chi connectivity index (χ1v) is 8.42. The Morgan fingerprint density at radius 1 is 0.792 bits per heavy atom. The zero-order valence-electron chi connectivity index (χ0n) is 13.6. The van der Waals surface area contributed by atoms with E-state index in [2.05, 4.69) is 72.8 Å². The third-order valence-corrected chi connectivity index (χ3v) is 4.57. The Bertz CT molecular complexity index is 831. The Balaban J connectivity index is 1.49. The molecule has 4 rings (SSSR count). The average molecular weight is 312 g/mol. The molecule has 0 fully saturated rings. The predicted molar refractivity (Wildman–Crippen MR) is 99.2 cm³/mol. The SMILES string of the molecule is C1=Cc2ccccc2C(c2ccc(OCc3ccccc3)cc2)C1. The lowest BCUT2D eigenvalue weighted by molar-refractivity contribution is 0.306. The van der Waals surface area contributed by atoms with Gasteiger partial charge in [-0.1, -0.05) is 78.9 Å². The summed E-state index contributed by atoms with van der Waals surface area (Å²) >= 11 is 0. The Hall–Kier alpha value is -2.80. The fourth-order valence-electron chi connectivity index (χ4n) is 3.29. The van der Waals surface area contributed by atoms with Gasteiger partial charge >= 0.3 is 0 Å². The first-order valence-electron chi connectivity index (χ1n) is 8.42. The fourth-order valence-corrected chi connectivity index (χ4v) is 3.29. The minimum atomic E-state index is 0.439. The van der Waals surface area contributed by atoms with Crippen LogP contribution in [0.25, 0.3) is 6.08 Å². The maximum Gasteiger partial charge on any atom is 0.119 e. The van der Waals surface area contributed by atoms with Crippen LogP contribution in [-0.2, 0) is 6.61 Å². The molecule has 0 spiro atoms. The topological polar surface area (TPSA) is 9.23 Å². The summed E-state index contributed by atoms with van der Waals surface area (Å²) in [4.78, 5) is 0. The molecule has 118 valence electrons. The first kappa shape index (κ1) is 14.8. The fraction of sp³-hybridized carbons (Fsp3) is 0.130. The number of ether oxygens (including phenoxy) is 1. The van der Waals surface area contributed by atoms with Crippen molar-refractivity contribution in [3.63, 3.8) is 0 Å². The number of fused-ring (bicyclic) bond motifs is 1. The highest BCUT2D eigenvalue weighted by atomic mass is 16.5. The van der Waals surface area contributed by atoms with E-state index in [1.54, 1.807) is 0 Å². The van der Waals surface area contributed by atoms with Gasteiger partial charge in [-0.15, -0.1) is 0 Å². The van der Waals surface area contributed by atoms with Gasteiger partial charge in [-0.25, -0.2) is 0 Å². The molecule has 0 heterocycles. The van der Waals surface area contributed by atoms with Crippen molar-refractivity contribution in [2.24, 2.45) is 0 Å². The largest absolute Gasteiger partial charge is 0.489 e. The molecule has 1 unspecified atom stereocenters. The molecule has 0 N–H and O–H groups in total. The molecule has 1 aliphatic rings. The van der Waals surface area contributed by atoms with Crippen molar-refractivity contribution < 1.29 is 4.74 Å². The summed E-state index contributed by atoms with van der Waals surface area (Å²) < 4.78 is 5.89. The average Bonchev–Trinajstić information content (AvgIpc) is 2.67. The van der Waals surface area contributed by atoms with Crippen LogP contribution >= 0.6 is 0 Å². The zero-order valence-corrected chi connectivity index (χ0v) is 13.6. The van der Waals surface area contributed by atoms with E-state index in [1.165, 1.54) is 22.3 Å². The number of benzene rings is 3. The van der Waals surface area contributed by atoms with Crippen LogP contribution in [-0.4, -0.2) is 0 Å². The van der Waals surface area contributed by atoms with Crippen molar-refractivity contribution in [2.75, 3.05) is 0 Å². The highest BCUT2D eigenvalue weighted by Gasteiger charge is 2.18. The van der Waals surface area contributed by atoms with E-state index in [-0.39, 0.29) is 0 Å². The molecule has 0 amide bonds. The lowest BCUT2D eigenvalue weighted by atomic mass is 9.82. The molecular weight excluding hydrogens is 292 g/mol. The van der Waals surface area contributed by atoms with Gasteiger partial charge in [-0.05, 0) is 40.8 Å². The maximum absolute atomic E-state index is 5.89. The molecule has 0 aromatic heterocycles. The van der Waals surface area contributed by atoms with Crippen LogP contribution in [0.15, 0.2) is 84.9 Å². The van der Waals surface area contributed by atoms with Crippen LogP contribution < -0.4 is 4.74 Å². The van der Waals surface area contributed by atoms with E-state index in [9.17, 15) is 0 Å². The molecule has 0 radical (unpaired) electrons. The highest BCUT2D eigenvalue weighted by molar-refractivity contribution is 5.59. The second-order valence-electron chi connectivity index (χ2n) is 6.16. The molecule has 0 bridgehead atoms. The van der Waals surface area contributed by atoms with E-state index in [0.29, 0.717) is 12.5 Å². The third kappa shape index (κ3) is 3.11. The molecule has 1 aliphatic carbocycles. The van der Waals surface area contributed by atoms with Gasteiger partial charge in [-0.3, -0.25) is 0 Å². The molecule has 1 atom stereocenters. The van der Waals surface area contributed by atoms with Crippen LogP contribution in [0, 0.1) is 0 Å². The molecular formula is C23H20O. The number of hydrogen-bond acceptors (Lipinski definition) is 1. The van der Waals surface area contributed by atoms with Gasteiger partial charge in [0.05, 0.1) is 0 Å². The lowest BCUT2D eigenvalue weighted by Crippen LogP contribution is -2.05. The second kappa shape index (κ2) is 6.76. The van der Waals surface area contributed by atoms with Gasteiger partial charge in [0.25, 0.3) is 0 Å². The lowest BCUT2D eigenvalue weighted by Gasteiger charge is -2.22. The van der Waals surface area contributed by atoms with Gasteiger partial charge in [0.1, 0.15) is 12.4 Å². The van der Waals surface area contributed by atoms with E-state index >= 15 is 0 Å². The van der Waals surface area contributed by atoms with E-state index in [1.807, 2.05) is 18.2 Å². The van der Waals surface area contributed by atoms with Gasteiger partial charge < -0.3 is 4.74 Å². The van der Waals surface area contributed by atoms with Crippen molar-refractivity contribution >= 4 is 6.08 Å². The molecule has 24 heavy (non-hydrogen) atoms. The molecule has 0 aliphatic heterocycles. The van der Waals surface area contributed by atoms with Gasteiger partial charge in [0, 0.05) is 5.92 Å². The van der Waals surface area contributed by atoms with Crippen molar-refractivity contribution in [1.82, 2.24) is 0 Å². The van der Waals surface area contributed by atoms with Crippen LogP contribution in [0.3, 0.4) is 0 Å². The standard InChI is InChI=1S/C23H20O/c1-2-7-18(8-3-1)17-24-21-15-13-20(14-16-21)23-12-6-10-19-9-4-5-11-22(19)23/h1-11,13-16,23H,12,17H2. The van der Waals surface area contributed by atoms with E-state index < -0.39 is 0 Å². The smallest absolute Gasteiger partial charge is 0.119 e. The van der Waals surface area contributed by atoms with Crippen LogP contribution in [0.5, 0.6) is 5.75 Å². The Morgan fingerprint density at radius 3 is 2.38 bits per heavy atom. The predicted octanol–water partition coefficient (Wildman–Crippen LogP) is 5.81. The quantitative estimate of drug-likeness (QED) is 0.590. The molecule has 3 aromatic carbocycles. The molecule has 1 heteroatoms. The van der Waals surface area contributed by atoms with Gasteiger partial charge in [0.15, 0.2) is 0 Å². The Morgan fingerprint density at radius 2 is 1.54 bits per heavy atom. The summed E-state index contributed by atoms with van der Waals surface area (Å²) in [6.45, 7) is 0.606. The number of allylic oxidation sites excluding steroid dienone is 1. The molecule has 0 saturated heterocycles. The van der Waals surface area contributed by atoms with Gasteiger partial charge in [0.2, 0.25) is 0 Å². The summed E-state index contributed by atoms with van der Waals surface area (Å²) in [5, 5.41) is 0. The summed E-state index contributed by atoms with van der Waals surface area (Å²) in [6, 6.07) is 27.5. The van der Waals surface area contributed by atoms with E-state index in [4.69, 9.17) is 4.74 Å². The summed E-state index contributed by atoms with van der Waals surface area (Å²) in [7, 11) is 0. The van der Waals surface area contributed by atoms with Crippen LogP contribution in [0.4, 0.5) is 0 Å². The maximum atomic E-state index is 5.89. The van der Waals surface area contributed by atoms with E-state index in [0.717, 1.165) is 12.2 Å². The van der Waals surface area contributed by atoms with Crippen molar-refractivity contribution in [3.8, 4) is 5.75 Å². The molecule has 1 nitrogen and oxygen atoms in total. The van der Waals surface area contributed by atoms with Crippen LogP contribution in [0.2, 0.25) is 0 Å². The molecule has 3 aromatic rings. The third-order valence-electron chi connectivity index (χ3n) is 4.57. The second-order valence-corrected chi connectivity index (χ2v) is 6.16. The monoisotopic (exact) mass is 312 g/mol. The van der Waals surface area contributed by atoms with Crippen molar-refractivity contribution in [2.45, 2.75) is 18.9 Å². The highest BCUT2D eigenvalue weighted by Crippen LogP contribution is 2.35. The minimum Gasteiger partial charge on any atom is -0.489 e. The van der Waals surface area contributed by atoms with Crippen molar-refractivity contribution in [3.05, 3.63) is 107 Å². The van der Waals surface area contributed by atoms with Crippen molar-refractivity contribution in [1.29, 1.82) is 0 Å². The number of rotatable bonds is 4.